The van der Waals surface area contributed by atoms with Crippen LogP contribution in [0.4, 0.5) is 10.1 Å². The third-order valence-electron chi connectivity index (χ3n) is 4.62. The molecule has 1 saturated carbocycles. The monoisotopic (exact) mass is 327 g/mol. The number of hydrogen-bond acceptors (Lipinski definition) is 3. The zero-order valence-electron chi connectivity index (χ0n) is 10.7. The molecule has 1 unspecified atom stereocenters. The minimum Gasteiger partial charge on any atom is -0.273 e. The second-order valence-corrected chi connectivity index (χ2v) is 8.01. The number of anilines is 1. The van der Waals surface area contributed by atoms with Gasteiger partial charge >= 0.3 is 0 Å². The van der Waals surface area contributed by atoms with Crippen molar-refractivity contribution in [1.29, 1.82) is 0 Å². The van der Waals surface area contributed by atoms with Gasteiger partial charge in [0.15, 0.2) is 5.82 Å². The fraction of sp³-hybridized carbons (Fsp3) is 0.357. The highest BCUT2D eigenvalue weighted by Gasteiger charge is 2.63. The number of rotatable bonds is 1. The number of carbonyl (C=O) groups is 1. The molecular weight excluding hydrogens is 317 g/mol. The molecule has 7 heteroatoms. The molecule has 1 heterocycles. The lowest BCUT2D eigenvalue weighted by atomic mass is 9.92. The number of nitrogens with zero attached hydrogens (tertiary/aromatic N) is 1. The molecule has 1 amide bonds. The maximum absolute atomic E-state index is 14.2. The number of sulfonamides is 1. The van der Waals surface area contributed by atoms with E-state index in [4.69, 9.17) is 11.6 Å². The average molecular weight is 328 g/mol. The molecule has 4 nitrogen and oxygen atoms in total. The van der Waals surface area contributed by atoms with Crippen molar-refractivity contribution in [2.75, 3.05) is 4.31 Å². The van der Waals surface area contributed by atoms with Crippen molar-refractivity contribution in [3.05, 3.63) is 41.2 Å². The zero-order chi connectivity index (χ0) is 14.9. The third-order valence-corrected chi connectivity index (χ3v) is 7.13. The van der Waals surface area contributed by atoms with E-state index in [1.807, 2.05) is 12.2 Å². The first-order chi connectivity index (χ1) is 9.93. The van der Waals surface area contributed by atoms with Gasteiger partial charge in [0.2, 0.25) is 15.9 Å². The number of halogens is 2. The van der Waals surface area contributed by atoms with Crippen LogP contribution in [-0.4, -0.2) is 19.6 Å². The summed E-state index contributed by atoms with van der Waals surface area (Å²) in [7, 11) is -3.90. The highest BCUT2D eigenvalue weighted by atomic mass is 35.5. The van der Waals surface area contributed by atoms with Crippen LogP contribution in [0, 0.1) is 23.6 Å². The Bertz CT molecular complexity index is 791. The molecule has 1 saturated heterocycles. The van der Waals surface area contributed by atoms with Crippen LogP contribution in [0.1, 0.15) is 6.42 Å². The molecule has 110 valence electrons. The van der Waals surface area contributed by atoms with Gasteiger partial charge in [-0.1, -0.05) is 29.8 Å². The van der Waals surface area contributed by atoms with Crippen molar-refractivity contribution in [2.45, 2.75) is 11.7 Å². The highest BCUT2D eigenvalue weighted by Crippen LogP contribution is 2.53. The average Bonchev–Trinajstić information content (AvgIpc) is 3.08. The van der Waals surface area contributed by atoms with Gasteiger partial charge < -0.3 is 0 Å². The Labute approximate surface area is 126 Å². The third kappa shape index (κ3) is 1.54. The van der Waals surface area contributed by atoms with Crippen LogP contribution in [0.5, 0.6) is 0 Å². The first-order valence-electron chi connectivity index (χ1n) is 6.63. The summed E-state index contributed by atoms with van der Waals surface area (Å²) in [6, 6.07) is 4.02. The van der Waals surface area contributed by atoms with E-state index in [1.165, 1.54) is 18.2 Å². The Morgan fingerprint density at radius 2 is 1.95 bits per heavy atom. The van der Waals surface area contributed by atoms with Crippen LogP contribution in [0.15, 0.2) is 30.4 Å². The van der Waals surface area contributed by atoms with Crippen LogP contribution < -0.4 is 4.31 Å². The number of carbonyl (C=O) groups excluding carboxylic acids is 1. The molecule has 0 N–H and O–H groups in total. The number of fused-ring (bicyclic) bond motifs is 5. The minimum atomic E-state index is -3.90. The molecule has 2 fully saturated rings. The van der Waals surface area contributed by atoms with E-state index in [-0.39, 0.29) is 22.5 Å². The highest BCUT2D eigenvalue weighted by molar-refractivity contribution is 7.94. The lowest BCUT2D eigenvalue weighted by Gasteiger charge is -2.19. The molecule has 2 aliphatic carbocycles. The van der Waals surface area contributed by atoms with Gasteiger partial charge in [-0.05, 0) is 30.4 Å². The summed E-state index contributed by atoms with van der Waals surface area (Å²) >= 11 is 5.70. The van der Waals surface area contributed by atoms with Crippen molar-refractivity contribution in [3.63, 3.8) is 0 Å². The molecule has 1 aromatic carbocycles. The van der Waals surface area contributed by atoms with Crippen molar-refractivity contribution >= 4 is 33.2 Å². The van der Waals surface area contributed by atoms with Gasteiger partial charge in [-0.15, -0.1) is 0 Å². The first kappa shape index (κ1) is 13.3. The molecule has 4 rings (SSSR count). The van der Waals surface area contributed by atoms with Gasteiger partial charge in [-0.2, -0.15) is 0 Å². The molecule has 0 radical (unpaired) electrons. The fourth-order valence-corrected chi connectivity index (χ4v) is 6.33. The van der Waals surface area contributed by atoms with Crippen LogP contribution in [0.25, 0.3) is 0 Å². The predicted octanol–water partition coefficient (Wildman–Crippen LogP) is 2.35. The number of amides is 1. The Morgan fingerprint density at radius 3 is 2.67 bits per heavy atom. The lowest BCUT2D eigenvalue weighted by molar-refractivity contribution is -0.120. The van der Waals surface area contributed by atoms with Crippen LogP contribution in [0.3, 0.4) is 0 Å². The van der Waals surface area contributed by atoms with E-state index in [2.05, 4.69) is 0 Å². The van der Waals surface area contributed by atoms with Crippen molar-refractivity contribution in [3.8, 4) is 0 Å². The largest absolute Gasteiger partial charge is 0.273 e. The van der Waals surface area contributed by atoms with Gasteiger partial charge in [0.1, 0.15) is 0 Å². The van der Waals surface area contributed by atoms with Gasteiger partial charge in [-0.3, -0.25) is 4.79 Å². The van der Waals surface area contributed by atoms with Crippen LogP contribution >= 0.6 is 11.6 Å². The van der Waals surface area contributed by atoms with Crippen molar-refractivity contribution < 1.29 is 17.6 Å². The van der Waals surface area contributed by atoms with Crippen molar-refractivity contribution in [2.24, 2.45) is 17.8 Å². The van der Waals surface area contributed by atoms with Gasteiger partial charge in [-0.25, -0.2) is 17.1 Å². The summed E-state index contributed by atoms with van der Waals surface area (Å²) in [5.74, 6) is -2.23. The number of allylic oxidation sites excluding steroid dienone is 2. The first-order valence-corrected chi connectivity index (χ1v) is 8.51. The van der Waals surface area contributed by atoms with E-state index in [1.54, 1.807) is 0 Å². The number of hydrogen-bond donors (Lipinski definition) is 0. The topological polar surface area (TPSA) is 54.5 Å². The molecule has 21 heavy (non-hydrogen) atoms. The molecular formula is C14H11ClFNO3S. The normalized spacial score (nSPS) is 35.5. The maximum atomic E-state index is 14.2. The Hall–Kier alpha value is -1.40. The van der Waals surface area contributed by atoms with E-state index < -0.39 is 32.9 Å². The molecule has 3 aliphatic rings. The van der Waals surface area contributed by atoms with Gasteiger partial charge in [0, 0.05) is 0 Å². The van der Waals surface area contributed by atoms with E-state index >= 15 is 0 Å². The maximum Gasteiger partial charge on any atom is 0.246 e. The van der Waals surface area contributed by atoms with Gasteiger partial charge in [0.25, 0.3) is 0 Å². The lowest BCUT2D eigenvalue weighted by Crippen LogP contribution is -2.34. The van der Waals surface area contributed by atoms with E-state index in [0.29, 0.717) is 10.7 Å². The molecule has 0 spiro atoms. The molecule has 4 atom stereocenters. The zero-order valence-corrected chi connectivity index (χ0v) is 12.3. The van der Waals surface area contributed by atoms with Gasteiger partial charge in [0.05, 0.1) is 21.9 Å². The van der Waals surface area contributed by atoms with E-state index in [0.717, 1.165) is 0 Å². The molecule has 1 aromatic rings. The molecule has 2 bridgehead atoms. The fourth-order valence-electron chi connectivity index (χ4n) is 3.79. The summed E-state index contributed by atoms with van der Waals surface area (Å²) < 4.78 is 40.2. The Balaban J connectivity index is 1.89. The summed E-state index contributed by atoms with van der Waals surface area (Å²) in [4.78, 5) is 12.6. The second-order valence-electron chi connectivity index (χ2n) is 5.66. The minimum absolute atomic E-state index is 0.0606. The Morgan fingerprint density at radius 1 is 1.24 bits per heavy atom. The summed E-state index contributed by atoms with van der Waals surface area (Å²) in [5.41, 5.74) is -0.277. The Kier molecular flexibility index (Phi) is 2.58. The van der Waals surface area contributed by atoms with E-state index in [9.17, 15) is 17.6 Å². The SMILES string of the molecule is O=C1[C@H]2C3C=C[C@@H](C3)[C@H]2S(=O)(=O)N1c1cccc(Cl)c1F. The summed E-state index contributed by atoms with van der Waals surface area (Å²) in [6.07, 6.45) is 4.44. The van der Waals surface area contributed by atoms with Crippen LogP contribution in [0.2, 0.25) is 5.02 Å². The summed E-state index contributed by atoms with van der Waals surface area (Å²) in [6.45, 7) is 0. The standard InChI is InChI=1S/C14H11ClFNO3S/c15-9-2-1-3-10(12(9)16)17-14(18)11-7-4-5-8(6-7)13(11)21(17,19)20/h1-5,7-8,11,13H,6H2/t7?,8-,11-,13+/m0/s1. The predicted molar refractivity (Wildman–Crippen MR) is 75.8 cm³/mol. The summed E-state index contributed by atoms with van der Waals surface area (Å²) in [5, 5.41) is -0.966. The quantitative estimate of drug-likeness (QED) is 0.744. The second kappa shape index (κ2) is 4.08. The smallest absolute Gasteiger partial charge is 0.246 e. The molecule has 0 aromatic heterocycles. The van der Waals surface area contributed by atoms with Crippen LogP contribution in [-0.2, 0) is 14.8 Å². The number of benzene rings is 1. The van der Waals surface area contributed by atoms with Crippen molar-refractivity contribution in [1.82, 2.24) is 0 Å². The molecule has 1 aliphatic heterocycles.